The highest BCUT2D eigenvalue weighted by molar-refractivity contribution is 7.98. The van der Waals surface area contributed by atoms with Crippen molar-refractivity contribution in [3.63, 3.8) is 0 Å². The van der Waals surface area contributed by atoms with Gasteiger partial charge in [-0.1, -0.05) is 30.0 Å². The maximum atomic E-state index is 13.0. The molecule has 0 amide bonds. The fourth-order valence-corrected chi connectivity index (χ4v) is 2.95. The molecule has 0 aliphatic carbocycles. The van der Waals surface area contributed by atoms with Crippen molar-refractivity contribution in [3.05, 3.63) is 72.2 Å². The van der Waals surface area contributed by atoms with Crippen LogP contribution >= 0.6 is 11.8 Å². The largest absolute Gasteiger partial charge is 0.481 e. The van der Waals surface area contributed by atoms with Crippen molar-refractivity contribution in [1.29, 1.82) is 0 Å². The highest BCUT2D eigenvalue weighted by atomic mass is 32.2. The third-order valence-corrected chi connectivity index (χ3v) is 4.51. The van der Waals surface area contributed by atoms with Gasteiger partial charge in [0, 0.05) is 5.56 Å². The average Bonchev–Trinajstić information content (AvgIpc) is 3.38. The van der Waals surface area contributed by atoms with Crippen molar-refractivity contribution < 1.29 is 18.0 Å². The maximum absolute atomic E-state index is 13.0. The van der Waals surface area contributed by atoms with Crippen molar-refractivity contribution in [2.75, 3.05) is 0 Å². The first-order valence-electron chi connectivity index (χ1n) is 8.43. The second-order valence-corrected chi connectivity index (χ2v) is 6.70. The zero-order valence-corrected chi connectivity index (χ0v) is 15.6. The van der Waals surface area contributed by atoms with Gasteiger partial charge in [-0.3, -0.25) is 0 Å². The molecule has 0 saturated heterocycles. The number of thioether (sulfide) groups is 1. The Morgan fingerprint density at radius 1 is 0.964 bits per heavy atom. The molecule has 2 heterocycles. The lowest BCUT2D eigenvalue weighted by molar-refractivity contribution is 0.181. The summed E-state index contributed by atoms with van der Waals surface area (Å²) < 4.78 is 29.9. The summed E-state index contributed by atoms with van der Waals surface area (Å²) in [5.74, 6) is 1.83. The van der Waals surface area contributed by atoms with Crippen LogP contribution in [0.25, 0.3) is 11.5 Å². The fourth-order valence-electron chi connectivity index (χ4n) is 2.34. The molecule has 0 N–H and O–H groups in total. The van der Waals surface area contributed by atoms with Crippen LogP contribution in [0.2, 0.25) is 0 Å². The van der Waals surface area contributed by atoms with Crippen LogP contribution in [0.3, 0.4) is 0 Å². The Morgan fingerprint density at radius 3 is 2.54 bits per heavy atom. The van der Waals surface area contributed by atoms with Crippen LogP contribution in [0.15, 0.2) is 68.7 Å². The van der Waals surface area contributed by atoms with Crippen LogP contribution in [0.4, 0.5) is 4.39 Å². The predicted octanol–water partition coefficient (Wildman–Crippen LogP) is 4.69. The molecule has 9 heteroatoms. The monoisotopic (exact) mass is 398 g/mol. The predicted molar refractivity (Wildman–Crippen MR) is 99.0 cm³/mol. The SMILES string of the molecule is C[C@H](Oc1ccc(F)cc1)c1nnc(SCc2nnc(-c3ccccc3)o2)o1. The average molecular weight is 398 g/mol. The molecule has 28 heavy (non-hydrogen) atoms. The molecule has 0 radical (unpaired) electrons. The van der Waals surface area contributed by atoms with Gasteiger partial charge in [0.2, 0.25) is 11.8 Å². The van der Waals surface area contributed by atoms with Gasteiger partial charge in [-0.25, -0.2) is 4.39 Å². The van der Waals surface area contributed by atoms with E-state index in [1.54, 1.807) is 6.92 Å². The van der Waals surface area contributed by atoms with Crippen molar-refractivity contribution in [1.82, 2.24) is 20.4 Å². The first-order valence-corrected chi connectivity index (χ1v) is 9.42. The van der Waals surface area contributed by atoms with E-state index in [9.17, 15) is 4.39 Å². The smallest absolute Gasteiger partial charge is 0.277 e. The van der Waals surface area contributed by atoms with Crippen LogP contribution in [0.1, 0.15) is 24.8 Å². The molecule has 0 aliphatic rings. The van der Waals surface area contributed by atoms with E-state index in [-0.39, 0.29) is 5.82 Å². The molecule has 0 saturated carbocycles. The molecule has 0 spiro atoms. The molecule has 2 aromatic heterocycles. The summed E-state index contributed by atoms with van der Waals surface area (Å²) in [7, 11) is 0. The van der Waals surface area contributed by atoms with E-state index in [1.165, 1.54) is 36.0 Å². The number of rotatable bonds is 7. The van der Waals surface area contributed by atoms with E-state index in [2.05, 4.69) is 20.4 Å². The summed E-state index contributed by atoms with van der Waals surface area (Å²) in [6, 6.07) is 15.3. The first-order chi connectivity index (χ1) is 13.7. The lowest BCUT2D eigenvalue weighted by Crippen LogP contribution is -2.03. The quantitative estimate of drug-likeness (QED) is 0.414. The van der Waals surface area contributed by atoms with E-state index >= 15 is 0 Å². The van der Waals surface area contributed by atoms with Crippen LogP contribution in [-0.2, 0) is 5.75 Å². The summed E-state index contributed by atoms with van der Waals surface area (Å²) in [4.78, 5) is 0. The number of halogens is 1. The van der Waals surface area contributed by atoms with Crippen molar-refractivity contribution in [2.45, 2.75) is 24.0 Å². The van der Waals surface area contributed by atoms with Crippen molar-refractivity contribution in [2.24, 2.45) is 0 Å². The lowest BCUT2D eigenvalue weighted by atomic mass is 10.2. The van der Waals surface area contributed by atoms with E-state index < -0.39 is 6.10 Å². The highest BCUT2D eigenvalue weighted by Gasteiger charge is 2.17. The molecule has 0 unspecified atom stereocenters. The number of ether oxygens (including phenoxy) is 1. The van der Waals surface area contributed by atoms with Crippen molar-refractivity contribution in [3.8, 4) is 17.2 Å². The minimum Gasteiger partial charge on any atom is -0.481 e. The molecule has 142 valence electrons. The Hall–Kier alpha value is -3.20. The molecule has 4 aromatic rings. The van der Waals surface area contributed by atoms with Gasteiger partial charge < -0.3 is 13.6 Å². The number of nitrogens with zero attached hydrogens (tertiary/aromatic N) is 4. The number of hydrogen-bond donors (Lipinski definition) is 0. The molecular weight excluding hydrogens is 383 g/mol. The summed E-state index contributed by atoms with van der Waals surface area (Å²) in [5.41, 5.74) is 0.859. The van der Waals surface area contributed by atoms with Gasteiger partial charge in [0.05, 0.1) is 5.75 Å². The van der Waals surface area contributed by atoms with Crippen LogP contribution in [0, 0.1) is 5.82 Å². The number of aromatic nitrogens is 4. The Labute approximate surface area is 164 Å². The zero-order valence-electron chi connectivity index (χ0n) is 14.8. The third-order valence-electron chi connectivity index (χ3n) is 3.70. The third kappa shape index (κ3) is 4.37. The maximum Gasteiger partial charge on any atom is 0.277 e. The Kier molecular flexibility index (Phi) is 5.34. The van der Waals surface area contributed by atoms with Crippen molar-refractivity contribution >= 4 is 11.8 Å². The lowest BCUT2D eigenvalue weighted by Gasteiger charge is -2.10. The summed E-state index contributed by atoms with van der Waals surface area (Å²) in [6.07, 6.45) is -0.472. The summed E-state index contributed by atoms with van der Waals surface area (Å²) in [5, 5.41) is 16.4. The minimum absolute atomic E-state index is 0.322. The fraction of sp³-hybridized carbons (Fsp3) is 0.158. The summed E-state index contributed by atoms with van der Waals surface area (Å²) >= 11 is 1.29. The van der Waals surface area contributed by atoms with Gasteiger partial charge in [0.15, 0.2) is 6.10 Å². The number of benzene rings is 2. The molecule has 1 atom stereocenters. The molecule has 0 bridgehead atoms. The Balaban J connectivity index is 1.35. The molecule has 4 rings (SSSR count). The van der Waals surface area contributed by atoms with Gasteiger partial charge in [-0.05, 0) is 43.3 Å². The van der Waals surface area contributed by atoms with Crippen LogP contribution in [0.5, 0.6) is 5.75 Å². The molecule has 2 aromatic carbocycles. The first kappa shape index (κ1) is 18.2. The van der Waals surface area contributed by atoms with Crippen LogP contribution in [-0.4, -0.2) is 20.4 Å². The van der Waals surface area contributed by atoms with Gasteiger partial charge >= 0.3 is 0 Å². The van der Waals surface area contributed by atoms with Crippen LogP contribution < -0.4 is 4.74 Å². The van der Waals surface area contributed by atoms with E-state index in [4.69, 9.17) is 13.6 Å². The second kappa shape index (κ2) is 8.22. The van der Waals surface area contributed by atoms with E-state index in [0.717, 1.165) is 5.56 Å². The topological polar surface area (TPSA) is 87.1 Å². The minimum atomic E-state index is -0.472. The molecule has 7 nitrogen and oxygen atoms in total. The highest BCUT2D eigenvalue weighted by Crippen LogP contribution is 2.26. The normalized spacial score (nSPS) is 12.1. The molecule has 0 fully saturated rings. The Morgan fingerprint density at radius 2 is 1.75 bits per heavy atom. The summed E-state index contributed by atoms with van der Waals surface area (Å²) in [6.45, 7) is 1.77. The Bertz CT molecular complexity index is 1040. The van der Waals surface area contributed by atoms with Gasteiger partial charge in [-0.2, -0.15) is 0 Å². The standard InChI is InChI=1S/C19H15FN4O3S/c1-12(25-15-9-7-14(20)8-10-15)17-22-24-19(27-17)28-11-16-21-23-18(26-16)13-5-3-2-4-6-13/h2-10,12H,11H2,1H3/t12-/m0/s1. The van der Waals surface area contributed by atoms with E-state index in [0.29, 0.717) is 34.4 Å². The van der Waals surface area contributed by atoms with E-state index in [1.807, 2.05) is 30.3 Å². The van der Waals surface area contributed by atoms with Gasteiger partial charge in [-0.15, -0.1) is 20.4 Å². The van der Waals surface area contributed by atoms with Gasteiger partial charge in [0.25, 0.3) is 11.1 Å². The second-order valence-electron chi connectivity index (χ2n) is 5.78. The number of hydrogen-bond acceptors (Lipinski definition) is 8. The van der Waals surface area contributed by atoms with Gasteiger partial charge in [0.1, 0.15) is 11.6 Å². The molecular formula is C19H15FN4O3S. The zero-order chi connectivity index (χ0) is 19.3. The molecule has 0 aliphatic heterocycles.